The molecule has 0 radical (unpaired) electrons. The second-order valence-electron chi connectivity index (χ2n) is 7.41. The van der Waals surface area contributed by atoms with E-state index in [0.717, 1.165) is 18.9 Å². The van der Waals surface area contributed by atoms with Crippen molar-refractivity contribution in [3.63, 3.8) is 0 Å². The summed E-state index contributed by atoms with van der Waals surface area (Å²) in [7, 11) is -2.23. The molecule has 32 heavy (non-hydrogen) atoms. The van der Waals surface area contributed by atoms with Crippen molar-refractivity contribution in [2.24, 2.45) is 7.05 Å². The molecular weight excluding hydrogens is 457 g/mol. The third-order valence-corrected chi connectivity index (χ3v) is 7.24. The quantitative estimate of drug-likeness (QED) is 0.562. The number of anilines is 3. The van der Waals surface area contributed by atoms with Gasteiger partial charge in [-0.1, -0.05) is 24.3 Å². The van der Waals surface area contributed by atoms with Gasteiger partial charge in [0, 0.05) is 31.4 Å². The van der Waals surface area contributed by atoms with E-state index in [2.05, 4.69) is 21.6 Å². The molecule has 1 aromatic heterocycles. The monoisotopic (exact) mass is 477 g/mol. The van der Waals surface area contributed by atoms with Crippen LogP contribution in [-0.4, -0.2) is 35.4 Å². The number of benzene rings is 2. The summed E-state index contributed by atoms with van der Waals surface area (Å²) in [6, 6.07) is 5.64. The number of halogens is 2. The van der Waals surface area contributed by atoms with Gasteiger partial charge < -0.3 is 9.88 Å². The zero-order valence-corrected chi connectivity index (χ0v) is 18.8. The Hall–Kier alpha value is -2.95. The highest BCUT2D eigenvalue weighted by molar-refractivity contribution is 7.90. The number of aryl methyl sites for hydroxylation is 1. The van der Waals surface area contributed by atoms with Crippen molar-refractivity contribution in [2.45, 2.75) is 12.8 Å². The highest BCUT2D eigenvalue weighted by Crippen LogP contribution is 2.37. The summed E-state index contributed by atoms with van der Waals surface area (Å²) in [6.07, 6.45) is 4.45. The summed E-state index contributed by atoms with van der Waals surface area (Å²) >= 11 is 6.39. The molecule has 0 unspecified atom stereocenters. The minimum absolute atomic E-state index is 0.0426. The van der Waals surface area contributed by atoms with Crippen molar-refractivity contribution < 1.29 is 12.8 Å². The van der Waals surface area contributed by atoms with Crippen molar-refractivity contribution in [2.75, 3.05) is 23.1 Å². The minimum atomic E-state index is -3.81. The number of nitrogens with zero attached hydrogens (tertiary/aromatic N) is 3. The third kappa shape index (κ3) is 3.96. The van der Waals surface area contributed by atoms with E-state index in [1.54, 1.807) is 19.2 Å². The Balaban J connectivity index is 1.76. The van der Waals surface area contributed by atoms with Gasteiger partial charge in [0.25, 0.3) is 5.56 Å². The Bertz CT molecular complexity index is 1380. The van der Waals surface area contributed by atoms with E-state index in [-0.39, 0.29) is 22.0 Å². The van der Waals surface area contributed by atoms with Crippen LogP contribution < -0.4 is 15.6 Å². The molecule has 3 aromatic rings. The molecule has 0 bridgehead atoms. The Kier molecular flexibility index (Phi) is 5.93. The molecule has 2 heterocycles. The highest BCUT2D eigenvalue weighted by Gasteiger charge is 2.26. The van der Waals surface area contributed by atoms with Gasteiger partial charge in [0.15, 0.2) is 0 Å². The molecule has 0 atom stereocenters. The van der Waals surface area contributed by atoms with Gasteiger partial charge >= 0.3 is 10.2 Å². The van der Waals surface area contributed by atoms with Gasteiger partial charge in [-0.25, -0.2) is 9.37 Å². The topological polar surface area (TPSA) is 96.3 Å². The van der Waals surface area contributed by atoms with E-state index in [0.29, 0.717) is 35.2 Å². The van der Waals surface area contributed by atoms with Crippen LogP contribution in [0, 0.1) is 5.82 Å². The summed E-state index contributed by atoms with van der Waals surface area (Å²) in [4.78, 5) is 16.9. The maximum atomic E-state index is 14.7. The molecule has 2 aromatic carbocycles. The Morgan fingerprint density at radius 2 is 1.88 bits per heavy atom. The average molecular weight is 478 g/mol. The smallest absolute Gasteiger partial charge is 0.301 e. The molecule has 0 saturated carbocycles. The average Bonchev–Trinajstić information content (AvgIpc) is 3.31. The number of hydrogen-bond donors (Lipinski definition) is 2. The Labute approximate surface area is 189 Å². The van der Waals surface area contributed by atoms with Gasteiger partial charge in [0.2, 0.25) is 0 Å². The van der Waals surface area contributed by atoms with Gasteiger partial charge in [-0.2, -0.15) is 12.7 Å². The Morgan fingerprint density at radius 3 is 2.56 bits per heavy atom. The third-order valence-electron chi connectivity index (χ3n) is 5.33. The summed E-state index contributed by atoms with van der Waals surface area (Å²) in [6.45, 7) is 4.61. The van der Waals surface area contributed by atoms with Crippen LogP contribution in [0.25, 0.3) is 17.0 Å². The number of hydrogen-bond acceptors (Lipinski definition) is 5. The SMILES string of the molecule is C=Cc1c(Nc2c(F)ccc(NS(=O)(=O)N3CCCC3)c2Cl)ccc2ncn(C)c(=O)c12. The van der Waals surface area contributed by atoms with Crippen molar-refractivity contribution in [1.82, 2.24) is 13.9 Å². The van der Waals surface area contributed by atoms with Gasteiger partial charge in [0.1, 0.15) is 5.82 Å². The molecule has 0 aliphatic carbocycles. The van der Waals surface area contributed by atoms with Crippen molar-refractivity contribution in [3.8, 4) is 0 Å². The van der Waals surface area contributed by atoms with Crippen molar-refractivity contribution >= 4 is 55.9 Å². The van der Waals surface area contributed by atoms with Crippen LogP contribution in [0.1, 0.15) is 18.4 Å². The molecule has 2 N–H and O–H groups in total. The van der Waals surface area contributed by atoms with Crippen LogP contribution >= 0.6 is 11.6 Å². The predicted molar refractivity (Wildman–Crippen MR) is 125 cm³/mol. The van der Waals surface area contributed by atoms with Crippen molar-refractivity contribution in [3.05, 3.63) is 63.9 Å². The lowest BCUT2D eigenvalue weighted by atomic mass is 10.1. The molecule has 1 saturated heterocycles. The second kappa shape index (κ2) is 8.53. The molecule has 11 heteroatoms. The van der Waals surface area contributed by atoms with Crippen LogP contribution in [0.5, 0.6) is 0 Å². The zero-order chi connectivity index (χ0) is 23.0. The van der Waals surface area contributed by atoms with E-state index >= 15 is 0 Å². The van der Waals surface area contributed by atoms with Gasteiger partial charge in [-0.05, 0) is 37.1 Å². The van der Waals surface area contributed by atoms with Crippen LogP contribution in [0.3, 0.4) is 0 Å². The molecule has 1 aliphatic rings. The second-order valence-corrected chi connectivity index (χ2v) is 9.46. The summed E-state index contributed by atoms with van der Waals surface area (Å²) in [5.74, 6) is -0.687. The fraction of sp³-hybridized carbons (Fsp3) is 0.238. The molecule has 1 aliphatic heterocycles. The molecule has 0 amide bonds. The lowest BCUT2D eigenvalue weighted by Crippen LogP contribution is -2.33. The van der Waals surface area contributed by atoms with Crippen LogP contribution in [0.4, 0.5) is 21.5 Å². The van der Waals surface area contributed by atoms with E-state index < -0.39 is 16.0 Å². The van der Waals surface area contributed by atoms with Gasteiger partial charge in [-0.3, -0.25) is 9.52 Å². The molecule has 1 fully saturated rings. The number of rotatable bonds is 6. The summed E-state index contributed by atoms with van der Waals surface area (Å²) in [5.41, 5.74) is 0.893. The lowest BCUT2D eigenvalue weighted by molar-refractivity contribution is 0.482. The highest BCUT2D eigenvalue weighted by atomic mass is 35.5. The number of aromatic nitrogens is 2. The molecule has 4 rings (SSSR count). The van der Waals surface area contributed by atoms with E-state index in [1.165, 1.54) is 27.3 Å². The number of nitrogens with one attached hydrogen (secondary N) is 2. The fourth-order valence-corrected chi connectivity index (χ4v) is 5.27. The molecule has 8 nitrogen and oxygen atoms in total. The predicted octanol–water partition coefficient (Wildman–Crippen LogP) is 3.87. The summed E-state index contributed by atoms with van der Waals surface area (Å²) in [5, 5.41) is 3.07. The maximum Gasteiger partial charge on any atom is 0.301 e. The largest absolute Gasteiger partial charge is 0.351 e. The van der Waals surface area contributed by atoms with Crippen LogP contribution in [0.15, 0.2) is 42.0 Å². The minimum Gasteiger partial charge on any atom is -0.351 e. The number of fused-ring (bicyclic) bond motifs is 1. The molecule has 0 spiro atoms. The lowest BCUT2D eigenvalue weighted by Gasteiger charge is -2.19. The standard InChI is InChI=1S/C21H21ClFN5O3S/c1-3-13-15(8-9-16-18(13)21(29)27(2)12-24-16)25-20-14(23)6-7-17(19(20)22)26-32(30,31)28-10-4-5-11-28/h3,6-9,12,25-26H,1,4-5,10-11H2,2H3. The van der Waals surface area contributed by atoms with Crippen molar-refractivity contribution in [1.29, 1.82) is 0 Å². The maximum absolute atomic E-state index is 14.7. The van der Waals surface area contributed by atoms with E-state index in [9.17, 15) is 17.6 Å². The van der Waals surface area contributed by atoms with E-state index in [1.807, 2.05) is 0 Å². The Morgan fingerprint density at radius 1 is 1.19 bits per heavy atom. The zero-order valence-electron chi connectivity index (χ0n) is 17.2. The van der Waals surface area contributed by atoms with Crippen LogP contribution in [0.2, 0.25) is 5.02 Å². The molecule has 168 valence electrons. The first kappa shape index (κ1) is 22.3. The normalized spacial score (nSPS) is 14.6. The van der Waals surface area contributed by atoms with Crippen LogP contribution in [-0.2, 0) is 17.3 Å². The fourth-order valence-electron chi connectivity index (χ4n) is 3.65. The van der Waals surface area contributed by atoms with E-state index in [4.69, 9.17) is 11.6 Å². The van der Waals surface area contributed by atoms with Gasteiger partial charge in [0.05, 0.1) is 33.6 Å². The van der Waals surface area contributed by atoms with Gasteiger partial charge in [-0.15, -0.1) is 0 Å². The summed E-state index contributed by atoms with van der Waals surface area (Å²) < 4.78 is 45.0. The first-order valence-corrected chi connectivity index (χ1v) is 11.7. The first-order valence-electron chi connectivity index (χ1n) is 9.86. The molecular formula is C21H21ClFN5O3S. The first-order chi connectivity index (χ1) is 15.2.